The molecule has 3 rings (SSSR count). The zero-order valence-corrected chi connectivity index (χ0v) is 14.4. The molecule has 0 unspecified atom stereocenters. The van der Waals surface area contributed by atoms with Crippen LogP contribution in [0.5, 0.6) is 5.75 Å². The van der Waals surface area contributed by atoms with E-state index < -0.39 is 0 Å². The van der Waals surface area contributed by atoms with Gasteiger partial charge in [0.25, 0.3) is 5.91 Å². The minimum absolute atomic E-state index is 0.100. The Morgan fingerprint density at radius 3 is 2.42 bits per heavy atom. The predicted molar refractivity (Wildman–Crippen MR) is 96.5 cm³/mol. The first-order valence-electron chi connectivity index (χ1n) is 7.59. The number of hydrogen-bond acceptors (Lipinski definition) is 4. The van der Waals surface area contributed by atoms with Crippen LogP contribution in [0.1, 0.15) is 20.9 Å². The molecular formula is C19H18N2O2S. The van der Waals surface area contributed by atoms with Gasteiger partial charge in [-0.15, -0.1) is 11.3 Å². The van der Waals surface area contributed by atoms with Crippen LogP contribution in [0, 0.1) is 6.92 Å². The van der Waals surface area contributed by atoms with Crippen LogP contribution in [0.2, 0.25) is 0 Å². The van der Waals surface area contributed by atoms with Crippen LogP contribution in [-0.2, 0) is 6.54 Å². The van der Waals surface area contributed by atoms with E-state index in [1.807, 2.05) is 31.2 Å². The van der Waals surface area contributed by atoms with Gasteiger partial charge in [0.05, 0.1) is 17.8 Å². The minimum atomic E-state index is -0.100. The number of carbonyl (C=O) groups is 1. The highest BCUT2D eigenvalue weighted by Gasteiger charge is 2.06. The quantitative estimate of drug-likeness (QED) is 0.763. The molecule has 0 saturated carbocycles. The van der Waals surface area contributed by atoms with Crippen LogP contribution in [0.15, 0.2) is 53.9 Å². The first-order valence-corrected chi connectivity index (χ1v) is 8.47. The maximum absolute atomic E-state index is 12.1. The zero-order valence-electron chi connectivity index (χ0n) is 13.6. The molecule has 0 atom stereocenters. The van der Waals surface area contributed by atoms with Gasteiger partial charge in [-0.05, 0) is 36.8 Å². The van der Waals surface area contributed by atoms with Crippen molar-refractivity contribution in [2.24, 2.45) is 0 Å². The van der Waals surface area contributed by atoms with E-state index in [1.54, 1.807) is 42.7 Å². The summed E-state index contributed by atoms with van der Waals surface area (Å²) in [5.41, 5.74) is 3.74. The predicted octanol–water partition coefficient (Wildman–Crippen LogP) is 4.06. The van der Waals surface area contributed by atoms with E-state index in [-0.39, 0.29) is 5.91 Å². The molecule has 0 aliphatic heterocycles. The Hall–Kier alpha value is -2.66. The first-order chi connectivity index (χ1) is 11.7. The molecule has 2 aromatic carbocycles. The Bertz CT molecular complexity index is 823. The zero-order chi connectivity index (χ0) is 16.9. The summed E-state index contributed by atoms with van der Waals surface area (Å²) in [4.78, 5) is 16.6. The number of benzene rings is 2. The number of amides is 1. The summed E-state index contributed by atoms with van der Waals surface area (Å²) in [6.07, 6.45) is 0. The molecule has 0 aliphatic carbocycles. The van der Waals surface area contributed by atoms with Gasteiger partial charge in [-0.1, -0.05) is 24.3 Å². The Labute approximate surface area is 145 Å². The number of aryl methyl sites for hydroxylation is 1. The van der Waals surface area contributed by atoms with Crippen molar-refractivity contribution in [3.05, 3.63) is 70.0 Å². The molecule has 24 heavy (non-hydrogen) atoms. The van der Waals surface area contributed by atoms with Gasteiger partial charge < -0.3 is 10.1 Å². The summed E-state index contributed by atoms with van der Waals surface area (Å²) >= 11 is 1.64. The van der Waals surface area contributed by atoms with Crippen LogP contribution >= 0.6 is 11.3 Å². The SMILES string of the molecule is COc1ccc(C(=O)NCc2ccc(-c3csc(C)n3)cc2)cc1. The number of nitrogens with zero attached hydrogens (tertiary/aromatic N) is 1. The standard InChI is InChI=1S/C19H18N2O2S/c1-13-21-18(12-24-13)15-5-3-14(4-6-15)11-20-19(22)16-7-9-17(23-2)10-8-16/h3-10,12H,11H2,1-2H3,(H,20,22). The summed E-state index contributed by atoms with van der Waals surface area (Å²) in [7, 11) is 1.60. The fourth-order valence-electron chi connectivity index (χ4n) is 2.32. The molecule has 3 aromatic rings. The Morgan fingerprint density at radius 1 is 1.12 bits per heavy atom. The number of carbonyl (C=O) groups excluding carboxylic acids is 1. The van der Waals surface area contributed by atoms with Crippen molar-refractivity contribution in [1.29, 1.82) is 0 Å². The van der Waals surface area contributed by atoms with Crippen LogP contribution in [0.25, 0.3) is 11.3 Å². The highest BCUT2D eigenvalue weighted by molar-refractivity contribution is 7.09. The van der Waals surface area contributed by atoms with E-state index in [2.05, 4.69) is 15.7 Å². The van der Waals surface area contributed by atoms with Crippen LogP contribution in [-0.4, -0.2) is 18.0 Å². The third kappa shape index (κ3) is 3.81. The van der Waals surface area contributed by atoms with E-state index in [0.717, 1.165) is 27.6 Å². The second kappa shape index (κ2) is 7.27. The number of methoxy groups -OCH3 is 1. The van der Waals surface area contributed by atoms with Crippen LogP contribution in [0.3, 0.4) is 0 Å². The molecule has 0 fully saturated rings. The third-order valence-electron chi connectivity index (χ3n) is 3.67. The van der Waals surface area contributed by atoms with Crippen molar-refractivity contribution >= 4 is 17.2 Å². The van der Waals surface area contributed by atoms with Gasteiger partial charge >= 0.3 is 0 Å². The van der Waals surface area contributed by atoms with Gasteiger partial charge in [-0.2, -0.15) is 0 Å². The van der Waals surface area contributed by atoms with Crippen molar-refractivity contribution in [3.63, 3.8) is 0 Å². The lowest BCUT2D eigenvalue weighted by atomic mass is 10.1. The lowest BCUT2D eigenvalue weighted by Gasteiger charge is -2.07. The van der Waals surface area contributed by atoms with Crippen LogP contribution in [0.4, 0.5) is 0 Å². The topological polar surface area (TPSA) is 51.2 Å². The smallest absolute Gasteiger partial charge is 0.251 e. The van der Waals surface area contributed by atoms with Crippen molar-refractivity contribution < 1.29 is 9.53 Å². The highest BCUT2D eigenvalue weighted by Crippen LogP contribution is 2.21. The monoisotopic (exact) mass is 338 g/mol. The molecule has 122 valence electrons. The molecule has 0 radical (unpaired) electrons. The Morgan fingerprint density at radius 2 is 1.83 bits per heavy atom. The van der Waals surface area contributed by atoms with Crippen LogP contribution < -0.4 is 10.1 Å². The van der Waals surface area contributed by atoms with Gasteiger partial charge in [-0.3, -0.25) is 4.79 Å². The second-order valence-electron chi connectivity index (χ2n) is 5.36. The molecule has 1 amide bonds. The van der Waals surface area contributed by atoms with E-state index in [1.165, 1.54) is 0 Å². The number of aromatic nitrogens is 1. The average molecular weight is 338 g/mol. The lowest BCUT2D eigenvalue weighted by Crippen LogP contribution is -2.22. The van der Waals surface area contributed by atoms with Gasteiger partial charge in [0.15, 0.2) is 0 Å². The molecule has 0 bridgehead atoms. The maximum Gasteiger partial charge on any atom is 0.251 e. The number of nitrogens with one attached hydrogen (secondary N) is 1. The van der Waals surface area contributed by atoms with Crippen molar-refractivity contribution in [1.82, 2.24) is 10.3 Å². The number of thiazole rings is 1. The fourth-order valence-corrected chi connectivity index (χ4v) is 2.94. The van der Waals surface area contributed by atoms with Crippen molar-refractivity contribution in [2.75, 3.05) is 7.11 Å². The molecule has 0 saturated heterocycles. The van der Waals surface area contributed by atoms with E-state index in [0.29, 0.717) is 12.1 Å². The van der Waals surface area contributed by atoms with Crippen molar-refractivity contribution in [3.8, 4) is 17.0 Å². The largest absolute Gasteiger partial charge is 0.497 e. The third-order valence-corrected chi connectivity index (χ3v) is 4.45. The summed E-state index contributed by atoms with van der Waals surface area (Å²) < 4.78 is 5.09. The van der Waals surface area contributed by atoms with Gasteiger partial charge in [0, 0.05) is 23.1 Å². The normalized spacial score (nSPS) is 10.4. The Kier molecular flexibility index (Phi) is 4.91. The molecule has 0 aliphatic rings. The highest BCUT2D eigenvalue weighted by atomic mass is 32.1. The van der Waals surface area contributed by atoms with E-state index >= 15 is 0 Å². The van der Waals surface area contributed by atoms with E-state index in [9.17, 15) is 4.79 Å². The Balaban J connectivity index is 1.60. The van der Waals surface area contributed by atoms with Gasteiger partial charge in [0.1, 0.15) is 5.75 Å². The summed E-state index contributed by atoms with van der Waals surface area (Å²) in [6.45, 7) is 2.48. The molecule has 1 heterocycles. The maximum atomic E-state index is 12.1. The second-order valence-corrected chi connectivity index (χ2v) is 6.42. The van der Waals surface area contributed by atoms with Crippen molar-refractivity contribution in [2.45, 2.75) is 13.5 Å². The minimum Gasteiger partial charge on any atom is -0.497 e. The number of ether oxygens (including phenoxy) is 1. The molecule has 0 spiro atoms. The lowest BCUT2D eigenvalue weighted by molar-refractivity contribution is 0.0951. The molecular weight excluding hydrogens is 320 g/mol. The molecule has 1 N–H and O–H groups in total. The van der Waals surface area contributed by atoms with Gasteiger partial charge in [-0.25, -0.2) is 4.98 Å². The summed E-state index contributed by atoms with van der Waals surface area (Å²) in [6, 6.07) is 15.1. The first kappa shape index (κ1) is 16.2. The number of hydrogen-bond donors (Lipinski definition) is 1. The molecule has 5 heteroatoms. The number of rotatable bonds is 5. The molecule has 4 nitrogen and oxygen atoms in total. The molecule has 1 aromatic heterocycles. The summed E-state index contributed by atoms with van der Waals surface area (Å²) in [5.74, 6) is 0.635. The van der Waals surface area contributed by atoms with E-state index in [4.69, 9.17) is 4.74 Å². The van der Waals surface area contributed by atoms with Gasteiger partial charge in [0.2, 0.25) is 0 Å². The fraction of sp³-hybridized carbons (Fsp3) is 0.158. The average Bonchev–Trinajstić information content (AvgIpc) is 3.06. The summed E-state index contributed by atoms with van der Waals surface area (Å²) in [5, 5.41) is 6.03.